The first-order chi connectivity index (χ1) is 9.38. The number of nitrogens with zero attached hydrogens (tertiary/aromatic N) is 1. The fraction of sp³-hybridized carbons (Fsp3) is 0.647. The predicted molar refractivity (Wildman–Crippen MR) is 86.0 cm³/mol. The lowest BCUT2D eigenvalue weighted by molar-refractivity contribution is 0.0311. The van der Waals surface area contributed by atoms with Gasteiger partial charge in [-0.2, -0.15) is 0 Å². The molecule has 0 saturated heterocycles. The highest BCUT2D eigenvalue weighted by molar-refractivity contribution is 5.25. The third kappa shape index (κ3) is 5.61. The summed E-state index contributed by atoms with van der Waals surface area (Å²) in [6.07, 6.45) is 2.09. The van der Waals surface area contributed by atoms with E-state index in [0.29, 0.717) is 19.1 Å². The van der Waals surface area contributed by atoms with Gasteiger partial charge in [-0.3, -0.25) is 0 Å². The van der Waals surface area contributed by atoms with Crippen molar-refractivity contribution in [2.45, 2.75) is 45.3 Å². The smallest absolute Gasteiger partial charge is 0.0869 e. The highest BCUT2D eigenvalue weighted by Crippen LogP contribution is 2.18. The SMILES string of the molecule is CCc1ccc(C(CC)NCC(C)(O)CN(C)C)cc1. The molecule has 20 heavy (non-hydrogen) atoms. The molecule has 0 aliphatic heterocycles. The van der Waals surface area contributed by atoms with Crippen LogP contribution >= 0.6 is 0 Å². The van der Waals surface area contributed by atoms with Gasteiger partial charge in [0.05, 0.1) is 5.60 Å². The molecular formula is C17H30N2O. The average Bonchev–Trinajstić information content (AvgIpc) is 2.38. The molecule has 0 heterocycles. The van der Waals surface area contributed by atoms with Gasteiger partial charge in [-0.1, -0.05) is 38.1 Å². The van der Waals surface area contributed by atoms with Crippen LogP contribution in [0.4, 0.5) is 0 Å². The molecule has 0 radical (unpaired) electrons. The lowest BCUT2D eigenvalue weighted by atomic mass is 10.00. The summed E-state index contributed by atoms with van der Waals surface area (Å²) in [7, 11) is 3.96. The van der Waals surface area contributed by atoms with Crippen LogP contribution in [0.25, 0.3) is 0 Å². The maximum Gasteiger partial charge on any atom is 0.0869 e. The average molecular weight is 278 g/mol. The molecule has 0 amide bonds. The van der Waals surface area contributed by atoms with E-state index >= 15 is 0 Å². The normalized spacial score (nSPS) is 16.1. The van der Waals surface area contributed by atoms with Gasteiger partial charge in [0.1, 0.15) is 0 Å². The Balaban J connectivity index is 2.62. The van der Waals surface area contributed by atoms with E-state index in [1.807, 2.05) is 25.9 Å². The van der Waals surface area contributed by atoms with Gasteiger partial charge in [0.25, 0.3) is 0 Å². The fourth-order valence-corrected chi connectivity index (χ4v) is 2.56. The van der Waals surface area contributed by atoms with Gasteiger partial charge in [0.15, 0.2) is 0 Å². The standard InChI is InChI=1S/C17H30N2O/c1-6-14-8-10-15(11-9-14)16(7-2)18-12-17(3,20)13-19(4)5/h8-11,16,18,20H,6-7,12-13H2,1-5H3. The first-order valence-electron chi connectivity index (χ1n) is 7.57. The maximum absolute atomic E-state index is 10.4. The predicted octanol–water partition coefficient (Wildman–Crippen LogP) is 2.60. The Hall–Kier alpha value is -0.900. The number of hydrogen-bond acceptors (Lipinski definition) is 3. The van der Waals surface area contributed by atoms with E-state index in [0.717, 1.165) is 12.8 Å². The first kappa shape index (κ1) is 17.2. The zero-order valence-corrected chi connectivity index (χ0v) is 13.6. The Bertz CT molecular complexity index is 384. The van der Waals surface area contributed by atoms with E-state index in [9.17, 15) is 5.11 Å². The molecule has 2 unspecified atom stereocenters. The minimum absolute atomic E-state index is 0.301. The Morgan fingerprint density at radius 1 is 1.20 bits per heavy atom. The summed E-state index contributed by atoms with van der Waals surface area (Å²) in [5.41, 5.74) is 1.95. The first-order valence-corrected chi connectivity index (χ1v) is 7.57. The van der Waals surface area contributed by atoms with Gasteiger partial charge in [-0.05, 0) is 45.0 Å². The molecule has 2 atom stereocenters. The number of likely N-dealkylation sites (N-methyl/N-ethyl adjacent to an activating group) is 1. The molecule has 0 bridgehead atoms. The van der Waals surface area contributed by atoms with Crippen LogP contribution in [0, 0.1) is 0 Å². The third-order valence-electron chi connectivity index (χ3n) is 3.58. The zero-order valence-electron chi connectivity index (χ0n) is 13.6. The molecule has 0 saturated carbocycles. The van der Waals surface area contributed by atoms with Gasteiger partial charge in [-0.25, -0.2) is 0 Å². The second-order valence-electron chi connectivity index (χ2n) is 6.17. The molecule has 0 spiro atoms. The van der Waals surface area contributed by atoms with Crippen molar-refractivity contribution in [2.24, 2.45) is 0 Å². The fourth-order valence-electron chi connectivity index (χ4n) is 2.56. The summed E-state index contributed by atoms with van der Waals surface area (Å²) in [6.45, 7) is 7.48. The van der Waals surface area contributed by atoms with Crippen molar-refractivity contribution < 1.29 is 5.11 Å². The number of benzene rings is 1. The van der Waals surface area contributed by atoms with E-state index in [2.05, 4.69) is 43.4 Å². The summed E-state index contributed by atoms with van der Waals surface area (Å²) in [5, 5.41) is 13.8. The summed E-state index contributed by atoms with van der Waals surface area (Å²) in [4.78, 5) is 2.01. The zero-order chi connectivity index (χ0) is 15.2. The van der Waals surface area contributed by atoms with E-state index in [1.165, 1.54) is 11.1 Å². The molecule has 3 nitrogen and oxygen atoms in total. The van der Waals surface area contributed by atoms with Crippen molar-refractivity contribution in [2.75, 3.05) is 27.2 Å². The number of aryl methyl sites for hydroxylation is 1. The lowest BCUT2D eigenvalue weighted by Crippen LogP contribution is -2.46. The van der Waals surface area contributed by atoms with E-state index in [1.54, 1.807) is 0 Å². The third-order valence-corrected chi connectivity index (χ3v) is 3.58. The molecule has 0 aliphatic rings. The lowest BCUT2D eigenvalue weighted by Gasteiger charge is -2.29. The van der Waals surface area contributed by atoms with E-state index in [-0.39, 0.29) is 0 Å². The molecule has 0 aliphatic carbocycles. The monoisotopic (exact) mass is 278 g/mol. The Morgan fingerprint density at radius 2 is 1.80 bits per heavy atom. The van der Waals surface area contributed by atoms with Gasteiger partial charge >= 0.3 is 0 Å². The van der Waals surface area contributed by atoms with Crippen LogP contribution in [0.1, 0.15) is 44.4 Å². The molecule has 0 fully saturated rings. The topological polar surface area (TPSA) is 35.5 Å². The molecule has 1 aromatic rings. The van der Waals surface area contributed by atoms with Crippen LogP contribution in [0.15, 0.2) is 24.3 Å². The molecular weight excluding hydrogens is 248 g/mol. The minimum atomic E-state index is -0.708. The van der Waals surface area contributed by atoms with Crippen molar-refractivity contribution in [3.05, 3.63) is 35.4 Å². The van der Waals surface area contributed by atoms with Crippen molar-refractivity contribution in [3.8, 4) is 0 Å². The van der Waals surface area contributed by atoms with Crippen LogP contribution in [0.3, 0.4) is 0 Å². The highest BCUT2D eigenvalue weighted by atomic mass is 16.3. The van der Waals surface area contributed by atoms with Gasteiger partial charge in [-0.15, -0.1) is 0 Å². The molecule has 114 valence electrons. The van der Waals surface area contributed by atoms with Crippen molar-refractivity contribution in [1.29, 1.82) is 0 Å². The largest absolute Gasteiger partial charge is 0.388 e. The van der Waals surface area contributed by atoms with Gasteiger partial charge < -0.3 is 15.3 Å². The highest BCUT2D eigenvalue weighted by Gasteiger charge is 2.22. The molecule has 1 aromatic carbocycles. The Kier molecular flexibility index (Phi) is 6.66. The van der Waals surface area contributed by atoms with Gasteiger partial charge in [0, 0.05) is 19.1 Å². The quantitative estimate of drug-likeness (QED) is 0.767. The number of aliphatic hydroxyl groups is 1. The maximum atomic E-state index is 10.4. The van der Waals surface area contributed by atoms with Crippen LogP contribution in [0.5, 0.6) is 0 Å². The summed E-state index contributed by atoms with van der Waals surface area (Å²) < 4.78 is 0. The summed E-state index contributed by atoms with van der Waals surface area (Å²) in [5.74, 6) is 0. The summed E-state index contributed by atoms with van der Waals surface area (Å²) >= 11 is 0. The van der Waals surface area contributed by atoms with Crippen molar-refractivity contribution >= 4 is 0 Å². The molecule has 3 heteroatoms. The van der Waals surface area contributed by atoms with Crippen LogP contribution in [-0.4, -0.2) is 42.8 Å². The number of hydrogen-bond donors (Lipinski definition) is 2. The minimum Gasteiger partial charge on any atom is -0.388 e. The molecule has 2 N–H and O–H groups in total. The van der Waals surface area contributed by atoms with Crippen molar-refractivity contribution in [1.82, 2.24) is 10.2 Å². The number of nitrogens with one attached hydrogen (secondary N) is 1. The van der Waals surface area contributed by atoms with Crippen LogP contribution in [-0.2, 0) is 6.42 Å². The van der Waals surface area contributed by atoms with E-state index < -0.39 is 5.60 Å². The Labute approximate surface area is 124 Å². The number of rotatable bonds is 8. The van der Waals surface area contributed by atoms with Crippen LogP contribution in [0.2, 0.25) is 0 Å². The second kappa shape index (κ2) is 7.77. The molecule has 0 aromatic heterocycles. The van der Waals surface area contributed by atoms with Crippen molar-refractivity contribution in [3.63, 3.8) is 0 Å². The molecule has 1 rings (SSSR count). The van der Waals surface area contributed by atoms with Crippen LogP contribution < -0.4 is 5.32 Å². The van der Waals surface area contributed by atoms with E-state index in [4.69, 9.17) is 0 Å². The Morgan fingerprint density at radius 3 is 2.25 bits per heavy atom. The summed E-state index contributed by atoms with van der Waals surface area (Å²) in [6, 6.07) is 9.07. The second-order valence-corrected chi connectivity index (χ2v) is 6.17. The van der Waals surface area contributed by atoms with Gasteiger partial charge in [0.2, 0.25) is 0 Å².